The van der Waals surface area contributed by atoms with Gasteiger partial charge in [-0.05, 0) is 31.5 Å². The largest absolute Gasteiger partial charge is 0.350 e. The summed E-state index contributed by atoms with van der Waals surface area (Å²) in [7, 11) is 0. The molecule has 0 saturated carbocycles. The number of thiophene rings is 1. The zero-order chi connectivity index (χ0) is 21.4. The summed E-state index contributed by atoms with van der Waals surface area (Å²) in [5, 5.41) is 5.95. The third kappa shape index (κ3) is 4.09. The van der Waals surface area contributed by atoms with Gasteiger partial charge in [0.05, 0.1) is 28.5 Å². The number of aromatic nitrogens is 3. The van der Waals surface area contributed by atoms with E-state index in [-0.39, 0.29) is 23.9 Å². The summed E-state index contributed by atoms with van der Waals surface area (Å²) in [5.74, 6) is -0.445. The summed E-state index contributed by atoms with van der Waals surface area (Å²) in [5.41, 5.74) is 1.65. The number of fused-ring (bicyclic) bond motifs is 1. The van der Waals surface area contributed by atoms with Crippen molar-refractivity contribution in [3.05, 3.63) is 46.5 Å². The standard InChI is InChI=1S/C20H21FN6O2S/c1-10-4-16-18(30-10)17(19(29)27-8-15(9-27)24-12(3)28)26-20(25-16)23-11(2)13-5-14(21)7-22-6-13/h4-7,11,15H,8-9H2,1-3H3,(H,24,28)(H,23,25,26). The molecule has 1 aliphatic rings. The van der Waals surface area contributed by atoms with Gasteiger partial charge in [0.15, 0.2) is 5.69 Å². The van der Waals surface area contributed by atoms with Crippen LogP contribution in [0.25, 0.3) is 10.2 Å². The molecule has 3 aromatic rings. The second-order valence-electron chi connectivity index (χ2n) is 7.38. The summed E-state index contributed by atoms with van der Waals surface area (Å²) in [6.45, 7) is 6.15. The first-order chi connectivity index (χ1) is 14.3. The van der Waals surface area contributed by atoms with Crippen molar-refractivity contribution in [1.29, 1.82) is 0 Å². The Bertz CT molecular complexity index is 1130. The molecule has 2 amide bonds. The number of nitrogens with one attached hydrogen (secondary N) is 2. The van der Waals surface area contributed by atoms with E-state index < -0.39 is 5.82 Å². The number of hydrogen-bond donors (Lipinski definition) is 2. The van der Waals surface area contributed by atoms with Gasteiger partial charge in [0, 0.05) is 31.1 Å². The molecule has 1 saturated heterocycles. The lowest BCUT2D eigenvalue weighted by Crippen LogP contribution is -2.60. The molecule has 2 N–H and O–H groups in total. The van der Waals surface area contributed by atoms with Gasteiger partial charge in [-0.3, -0.25) is 14.6 Å². The van der Waals surface area contributed by atoms with Crippen LogP contribution in [0.4, 0.5) is 10.3 Å². The van der Waals surface area contributed by atoms with Crippen molar-refractivity contribution in [1.82, 2.24) is 25.2 Å². The highest BCUT2D eigenvalue weighted by Gasteiger charge is 2.33. The average Bonchev–Trinajstić information content (AvgIpc) is 3.03. The van der Waals surface area contributed by atoms with E-state index in [0.29, 0.717) is 35.8 Å². The fourth-order valence-electron chi connectivity index (χ4n) is 3.37. The third-order valence-electron chi connectivity index (χ3n) is 4.85. The molecular weight excluding hydrogens is 407 g/mol. The summed E-state index contributed by atoms with van der Waals surface area (Å²) < 4.78 is 14.2. The monoisotopic (exact) mass is 428 g/mol. The summed E-state index contributed by atoms with van der Waals surface area (Å²) >= 11 is 1.47. The summed E-state index contributed by atoms with van der Waals surface area (Å²) in [6, 6.07) is 2.97. The van der Waals surface area contributed by atoms with Crippen LogP contribution >= 0.6 is 11.3 Å². The molecule has 0 spiro atoms. The van der Waals surface area contributed by atoms with Crippen molar-refractivity contribution < 1.29 is 14.0 Å². The number of carbonyl (C=O) groups excluding carboxylic acids is 2. The van der Waals surface area contributed by atoms with Gasteiger partial charge in [-0.1, -0.05) is 0 Å². The van der Waals surface area contributed by atoms with Gasteiger partial charge in [-0.2, -0.15) is 0 Å². The number of aryl methyl sites for hydroxylation is 1. The number of halogens is 1. The molecule has 1 aliphatic heterocycles. The van der Waals surface area contributed by atoms with Crippen LogP contribution < -0.4 is 10.6 Å². The van der Waals surface area contributed by atoms with Crippen molar-refractivity contribution in [2.45, 2.75) is 32.9 Å². The second kappa shape index (κ2) is 7.94. The first-order valence-electron chi connectivity index (χ1n) is 9.51. The minimum Gasteiger partial charge on any atom is -0.350 e. The van der Waals surface area contributed by atoms with Crippen LogP contribution in [-0.4, -0.2) is 50.8 Å². The predicted octanol–water partition coefficient (Wildman–Crippen LogP) is 2.67. The fraction of sp³-hybridized carbons (Fsp3) is 0.350. The SMILES string of the molecule is CC(=O)NC1CN(C(=O)c2nc(NC(C)c3cncc(F)c3)nc3cc(C)sc23)C1. The lowest BCUT2D eigenvalue weighted by molar-refractivity contribution is -0.120. The zero-order valence-electron chi connectivity index (χ0n) is 16.8. The van der Waals surface area contributed by atoms with E-state index in [4.69, 9.17) is 0 Å². The minimum absolute atomic E-state index is 0.0352. The summed E-state index contributed by atoms with van der Waals surface area (Å²) in [4.78, 5) is 39.8. The lowest BCUT2D eigenvalue weighted by Gasteiger charge is -2.39. The fourth-order valence-corrected chi connectivity index (χ4v) is 4.31. The van der Waals surface area contributed by atoms with Crippen LogP contribution in [0.2, 0.25) is 0 Å². The highest BCUT2D eigenvalue weighted by atomic mass is 32.1. The van der Waals surface area contributed by atoms with Crippen LogP contribution in [0, 0.1) is 12.7 Å². The molecule has 0 aliphatic carbocycles. The summed E-state index contributed by atoms with van der Waals surface area (Å²) in [6.07, 6.45) is 2.72. The molecule has 8 nitrogen and oxygen atoms in total. The van der Waals surface area contributed by atoms with Crippen molar-refractivity contribution in [2.75, 3.05) is 18.4 Å². The van der Waals surface area contributed by atoms with E-state index in [1.807, 2.05) is 19.9 Å². The van der Waals surface area contributed by atoms with E-state index in [9.17, 15) is 14.0 Å². The van der Waals surface area contributed by atoms with Gasteiger partial charge in [-0.15, -0.1) is 11.3 Å². The van der Waals surface area contributed by atoms with E-state index in [1.54, 1.807) is 11.1 Å². The molecule has 10 heteroatoms. The molecule has 0 aromatic carbocycles. The number of rotatable bonds is 5. The van der Waals surface area contributed by atoms with Crippen molar-refractivity contribution >= 4 is 39.3 Å². The molecular formula is C20H21FN6O2S. The van der Waals surface area contributed by atoms with Gasteiger partial charge in [0.25, 0.3) is 5.91 Å². The number of likely N-dealkylation sites (tertiary alicyclic amines) is 1. The maximum Gasteiger partial charge on any atom is 0.274 e. The molecule has 1 fully saturated rings. The molecule has 0 bridgehead atoms. The van der Waals surface area contributed by atoms with Gasteiger partial charge < -0.3 is 15.5 Å². The Labute approximate surface area is 176 Å². The Balaban J connectivity index is 1.60. The highest BCUT2D eigenvalue weighted by molar-refractivity contribution is 7.19. The van der Waals surface area contributed by atoms with Crippen LogP contribution in [0.3, 0.4) is 0 Å². The van der Waals surface area contributed by atoms with Gasteiger partial charge >= 0.3 is 0 Å². The number of nitrogens with zero attached hydrogens (tertiary/aromatic N) is 4. The Morgan fingerprint density at radius 3 is 2.73 bits per heavy atom. The van der Waals surface area contributed by atoms with E-state index in [2.05, 4.69) is 25.6 Å². The molecule has 156 valence electrons. The van der Waals surface area contributed by atoms with Crippen molar-refractivity contribution in [3.63, 3.8) is 0 Å². The second-order valence-corrected chi connectivity index (χ2v) is 8.63. The quantitative estimate of drug-likeness (QED) is 0.648. The van der Waals surface area contributed by atoms with E-state index in [1.165, 1.54) is 24.3 Å². The number of hydrogen-bond acceptors (Lipinski definition) is 7. The Hall–Kier alpha value is -3.14. The lowest BCUT2D eigenvalue weighted by atomic mass is 10.1. The molecule has 4 rings (SSSR count). The number of pyridine rings is 1. The smallest absolute Gasteiger partial charge is 0.274 e. The molecule has 1 unspecified atom stereocenters. The molecule has 3 aromatic heterocycles. The van der Waals surface area contributed by atoms with Crippen LogP contribution in [-0.2, 0) is 4.79 Å². The topological polar surface area (TPSA) is 100 Å². The Kier molecular flexibility index (Phi) is 5.33. The number of anilines is 1. The Morgan fingerprint density at radius 2 is 2.03 bits per heavy atom. The van der Waals surface area contributed by atoms with Gasteiger partial charge in [0.1, 0.15) is 5.82 Å². The maximum atomic E-state index is 13.5. The predicted molar refractivity (Wildman–Crippen MR) is 112 cm³/mol. The highest BCUT2D eigenvalue weighted by Crippen LogP contribution is 2.30. The average molecular weight is 428 g/mol. The molecule has 4 heterocycles. The first-order valence-corrected chi connectivity index (χ1v) is 10.3. The van der Waals surface area contributed by atoms with E-state index >= 15 is 0 Å². The zero-order valence-corrected chi connectivity index (χ0v) is 17.6. The van der Waals surface area contributed by atoms with Crippen LogP contribution in [0.15, 0.2) is 24.5 Å². The molecule has 0 radical (unpaired) electrons. The van der Waals surface area contributed by atoms with Crippen molar-refractivity contribution in [3.8, 4) is 0 Å². The number of carbonyl (C=O) groups is 2. The first kappa shape index (κ1) is 20.1. The van der Waals surface area contributed by atoms with Crippen LogP contribution in [0.1, 0.15) is 40.8 Å². The third-order valence-corrected chi connectivity index (χ3v) is 5.89. The number of amides is 2. The molecule has 30 heavy (non-hydrogen) atoms. The normalized spacial score (nSPS) is 15.0. The maximum absolute atomic E-state index is 13.5. The van der Waals surface area contributed by atoms with Crippen LogP contribution in [0.5, 0.6) is 0 Å². The van der Waals surface area contributed by atoms with Crippen molar-refractivity contribution in [2.24, 2.45) is 0 Å². The van der Waals surface area contributed by atoms with Gasteiger partial charge in [0.2, 0.25) is 11.9 Å². The van der Waals surface area contributed by atoms with E-state index in [0.717, 1.165) is 15.8 Å². The van der Waals surface area contributed by atoms with Gasteiger partial charge in [-0.25, -0.2) is 14.4 Å². The Morgan fingerprint density at radius 1 is 1.27 bits per heavy atom. The minimum atomic E-state index is -0.423. The molecule has 1 atom stereocenters.